The van der Waals surface area contributed by atoms with E-state index in [4.69, 9.17) is 0 Å². The smallest absolute Gasteiger partial charge is 0.230 e. The third-order valence-electron chi connectivity index (χ3n) is 5.18. The predicted octanol–water partition coefficient (Wildman–Crippen LogP) is 3.50. The van der Waals surface area contributed by atoms with Gasteiger partial charge in [0.1, 0.15) is 0 Å². The van der Waals surface area contributed by atoms with Crippen LogP contribution in [0.5, 0.6) is 0 Å². The highest BCUT2D eigenvalue weighted by Gasteiger charge is 2.39. The Balaban J connectivity index is 1.45. The Hall–Kier alpha value is -1.65. The summed E-state index contributed by atoms with van der Waals surface area (Å²) in [5.41, 5.74) is 2.50. The minimum Gasteiger partial charge on any atom is -0.387 e. The van der Waals surface area contributed by atoms with Gasteiger partial charge in [-0.2, -0.15) is 0 Å². The van der Waals surface area contributed by atoms with Gasteiger partial charge in [-0.1, -0.05) is 30.3 Å². The first-order valence-electron chi connectivity index (χ1n) is 8.34. The summed E-state index contributed by atoms with van der Waals surface area (Å²) in [6.45, 7) is 0.833. The lowest BCUT2D eigenvalue weighted by molar-refractivity contribution is -0.134. The molecule has 1 aromatic heterocycles. The summed E-state index contributed by atoms with van der Waals surface area (Å²) >= 11 is 1.58. The van der Waals surface area contributed by atoms with Crippen LogP contribution in [0.3, 0.4) is 0 Å². The number of fused-ring (bicyclic) bond motifs is 1. The second-order valence-electron chi connectivity index (χ2n) is 6.55. The van der Waals surface area contributed by atoms with Crippen molar-refractivity contribution in [2.24, 2.45) is 0 Å². The van der Waals surface area contributed by atoms with Crippen LogP contribution in [-0.4, -0.2) is 28.5 Å². The first kappa shape index (κ1) is 14.9. The third-order valence-corrected chi connectivity index (χ3v) is 6.15. The van der Waals surface area contributed by atoms with E-state index in [0.717, 1.165) is 30.7 Å². The largest absolute Gasteiger partial charge is 0.387 e. The number of amides is 1. The summed E-state index contributed by atoms with van der Waals surface area (Å²) in [4.78, 5) is 15.9. The van der Waals surface area contributed by atoms with Crippen LogP contribution >= 0.6 is 11.3 Å². The number of hydrogen-bond donors (Lipinski definition) is 1. The van der Waals surface area contributed by atoms with Gasteiger partial charge < -0.3 is 10.0 Å². The number of aliphatic hydroxyl groups excluding tert-OH is 1. The molecule has 2 aromatic rings. The maximum absolute atomic E-state index is 12.9. The molecule has 1 amide bonds. The number of benzene rings is 1. The number of carbonyl (C=O) groups excluding carboxylic acids is 1. The van der Waals surface area contributed by atoms with Gasteiger partial charge in [0.15, 0.2) is 0 Å². The third kappa shape index (κ3) is 2.70. The molecule has 1 fully saturated rings. The minimum absolute atomic E-state index is 0.0330. The van der Waals surface area contributed by atoms with Crippen LogP contribution in [0.4, 0.5) is 0 Å². The first-order valence-corrected chi connectivity index (χ1v) is 9.22. The summed E-state index contributed by atoms with van der Waals surface area (Å²) in [6, 6.07) is 12.3. The zero-order chi connectivity index (χ0) is 15.8. The molecule has 0 unspecified atom stereocenters. The van der Waals surface area contributed by atoms with E-state index in [1.54, 1.807) is 11.3 Å². The van der Waals surface area contributed by atoms with E-state index in [2.05, 4.69) is 12.1 Å². The Kier molecular flexibility index (Phi) is 3.95. The molecule has 23 heavy (non-hydrogen) atoms. The summed E-state index contributed by atoms with van der Waals surface area (Å²) in [6.07, 6.45) is 3.11. The Bertz CT molecular complexity index is 697. The van der Waals surface area contributed by atoms with E-state index in [-0.39, 0.29) is 17.9 Å². The number of nitrogens with zero attached hydrogens (tertiary/aromatic N) is 1. The van der Waals surface area contributed by atoms with E-state index in [9.17, 15) is 9.90 Å². The zero-order valence-electron chi connectivity index (χ0n) is 13.0. The van der Waals surface area contributed by atoms with E-state index < -0.39 is 6.10 Å². The van der Waals surface area contributed by atoms with Gasteiger partial charge in [-0.25, -0.2) is 0 Å². The van der Waals surface area contributed by atoms with E-state index in [0.29, 0.717) is 6.42 Å². The monoisotopic (exact) mass is 327 g/mol. The molecule has 1 N–H and O–H groups in total. The zero-order valence-corrected chi connectivity index (χ0v) is 13.8. The van der Waals surface area contributed by atoms with Crippen molar-refractivity contribution in [3.63, 3.8) is 0 Å². The summed E-state index contributed by atoms with van der Waals surface area (Å²) in [5, 5.41) is 12.4. The van der Waals surface area contributed by atoms with Crippen LogP contribution in [0, 0.1) is 0 Å². The molecule has 0 bridgehead atoms. The van der Waals surface area contributed by atoms with Gasteiger partial charge in [0.2, 0.25) is 5.91 Å². The molecule has 1 saturated heterocycles. The maximum atomic E-state index is 12.9. The molecule has 120 valence electrons. The van der Waals surface area contributed by atoms with Crippen molar-refractivity contribution < 1.29 is 9.90 Å². The van der Waals surface area contributed by atoms with Crippen molar-refractivity contribution in [1.82, 2.24) is 4.90 Å². The highest BCUT2D eigenvalue weighted by Crippen LogP contribution is 2.38. The van der Waals surface area contributed by atoms with Gasteiger partial charge in [0, 0.05) is 17.5 Å². The highest BCUT2D eigenvalue weighted by atomic mass is 32.1. The van der Waals surface area contributed by atoms with Crippen LogP contribution < -0.4 is 0 Å². The number of carbonyl (C=O) groups is 1. The van der Waals surface area contributed by atoms with Gasteiger partial charge in [-0.05, 0) is 48.3 Å². The Labute approximate surface area is 140 Å². The Morgan fingerprint density at radius 3 is 2.96 bits per heavy atom. The first-order chi connectivity index (χ1) is 11.2. The molecule has 0 spiro atoms. The fourth-order valence-electron chi connectivity index (χ4n) is 3.90. The highest BCUT2D eigenvalue weighted by molar-refractivity contribution is 7.10. The Morgan fingerprint density at radius 2 is 2.17 bits per heavy atom. The minimum atomic E-state index is -0.456. The molecule has 1 aromatic carbocycles. The van der Waals surface area contributed by atoms with Gasteiger partial charge >= 0.3 is 0 Å². The number of thiophene rings is 1. The van der Waals surface area contributed by atoms with Crippen molar-refractivity contribution in [3.05, 3.63) is 57.8 Å². The number of rotatable bonds is 4. The number of aliphatic hydroxyl groups is 1. The molecule has 4 heteroatoms. The second-order valence-corrected chi connectivity index (χ2v) is 7.53. The summed E-state index contributed by atoms with van der Waals surface area (Å²) < 4.78 is 0. The fourth-order valence-corrected chi connectivity index (χ4v) is 4.63. The molecule has 3 nitrogen and oxygen atoms in total. The molecule has 0 saturated carbocycles. The topological polar surface area (TPSA) is 40.5 Å². The molecule has 2 heterocycles. The quantitative estimate of drug-likeness (QED) is 0.933. The van der Waals surface area contributed by atoms with Gasteiger partial charge in [-0.15, -0.1) is 11.3 Å². The van der Waals surface area contributed by atoms with Gasteiger partial charge in [0.05, 0.1) is 12.0 Å². The average molecular weight is 327 g/mol. The van der Waals surface area contributed by atoms with Crippen LogP contribution in [0.2, 0.25) is 0 Å². The van der Waals surface area contributed by atoms with E-state index >= 15 is 0 Å². The van der Waals surface area contributed by atoms with Crippen LogP contribution in [0.15, 0.2) is 41.8 Å². The normalized spacial score (nSPS) is 24.1. The molecule has 3 atom stereocenters. The molecule has 0 radical (unpaired) electrons. The molecular weight excluding hydrogens is 306 g/mol. The van der Waals surface area contributed by atoms with Crippen molar-refractivity contribution in [1.29, 1.82) is 0 Å². The van der Waals surface area contributed by atoms with Gasteiger partial charge in [-0.3, -0.25) is 4.79 Å². The lowest BCUT2D eigenvalue weighted by Crippen LogP contribution is -2.42. The molecule has 4 rings (SSSR count). The van der Waals surface area contributed by atoms with E-state index in [1.165, 1.54) is 11.1 Å². The summed E-state index contributed by atoms with van der Waals surface area (Å²) in [7, 11) is 0. The van der Waals surface area contributed by atoms with Crippen LogP contribution in [-0.2, 0) is 11.2 Å². The van der Waals surface area contributed by atoms with Crippen molar-refractivity contribution in [2.45, 2.75) is 43.7 Å². The van der Waals surface area contributed by atoms with Crippen LogP contribution in [0.1, 0.15) is 47.3 Å². The average Bonchev–Trinajstić information content (AvgIpc) is 3.19. The molecule has 2 aliphatic rings. The summed E-state index contributed by atoms with van der Waals surface area (Å²) in [5.74, 6) is 0.287. The fraction of sp³-hybridized carbons (Fsp3) is 0.421. The van der Waals surface area contributed by atoms with Crippen LogP contribution in [0.25, 0.3) is 0 Å². The second kappa shape index (κ2) is 6.10. The van der Waals surface area contributed by atoms with Crippen molar-refractivity contribution in [2.75, 3.05) is 6.54 Å². The van der Waals surface area contributed by atoms with Crippen molar-refractivity contribution in [3.8, 4) is 0 Å². The molecule has 1 aliphatic carbocycles. The maximum Gasteiger partial charge on any atom is 0.230 e. The predicted molar refractivity (Wildman–Crippen MR) is 91.5 cm³/mol. The standard InChI is InChI=1S/C19H21NO2S/c21-17(18-8-4-10-23-18)12-14-6-3-9-20(14)19(22)16-11-13-5-1-2-7-15(13)16/h1-2,4-5,7-8,10,14,16-17,21H,3,6,9,11-12H2/t14-,16-,17-/m1/s1. The lowest BCUT2D eigenvalue weighted by atomic mass is 9.76. The SMILES string of the molecule is O=C([C@@H]1Cc2ccccc21)N1CCC[C@@H]1C[C@@H](O)c1cccs1. The molecular formula is C19H21NO2S. The molecule has 1 aliphatic heterocycles. The Morgan fingerprint density at radius 1 is 1.30 bits per heavy atom. The number of likely N-dealkylation sites (tertiary alicyclic amines) is 1. The lowest BCUT2D eigenvalue weighted by Gasteiger charge is -2.35. The van der Waals surface area contributed by atoms with Crippen molar-refractivity contribution >= 4 is 17.2 Å². The van der Waals surface area contributed by atoms with Gasteiger partial charge in [0.25, 0.3) is 0 Å². The number of hydrogen-bond acceptors (Lipinski definition) is 3. The van der Waals surface area contributed by atoms with E-state index in [1.807, 2.05) is 34.5 Å².